The summed E-state index contributed by atoms with van der Waals surface area (Å²) >= 11 is 3.54. The largest absolute Gasteiger partial charge is 1.00 e. The van der Waals surface area contributed by atoms with Gasteiger partial charge in [0.15, 0.2) is 5.71 Å². The maximum Gasteiger partial charge on any atom is 0.416 e. The number of benzene rings is 2. The van der Waals surface area contributed by atoms with Crippen LogP contribution in [0.15, 0.2) is 70.9 Å². The Morgan fingerprint density at radius 3 is 1.97 bits per heavy atom. The molecule has 0 fully saturated rings. The van der Waals surface area contributed by atoms with Gasteiger partial charge in [0.1, 0.15) is 7.05 Å². The van der Waals surface area contributed by atoms with Gasteiger partial charge in [0.25, 0.3) is 0 Å². The number of fused-ring (bicyclic) bond motifs is 2. The molecule has 0 bridgehead atoms. The van der Waals surface area contributed by atoms with Crippen molar-refractivity contribution >= 4 is 33.0 Å². The highest BCUT2D eigenvalue weighted by molar-refractivity contribution is 9.11. The lowest BCUT2D eigenvalue weighted by molar-refractivity contribution is -0.401. The van der Waals surface area contributed by atoms with Gasteiger partial charge in [-0.2, -0.15) is 30.9 Å². The fourth-order valence-electron chi connectivity index (χ4n) is 5.40. The molecule has 0 spiro atoms. The number of hydrogen-bond acceptors (Lipinski definition) is 1. The molecule has 0 saturated heterocycles. The second-order valence-corrected chi connectivity index (χ2v) is 11.6. The minimum Gasteiger partial charge on any atom is -1.00 e. The zero-order valence-corrected chi connectivity index (χ0v) is 25.9. The van der Waals surface area contributed by atoms with Crippen LogP contribution >= 0.6 is 15.9 Å². The highest BCUT2D eigenvalue weighted by atomic mass is 127. The second kappa shape index (κ2) is 10.4. The predicted molar refractivity (Wildman–Crippen MR) is 142 cm³/mol. The fraction of sp³-hybridized carbons (Fsp3) is 0.345. The van der Waals surface area contributed by atoms with Crippen molar-refractivity contribution in [2.45, 2.75) is 50.9 Å². The van der Waals surface area contributed by atoms with Crippen molar-refractivity contribution in [3.8, 4) is 0 Å². The van der Waals surface area contributed by atoms with Gasteiger partial charge in [0, 0.05) is 46.0 Å². The van der Waals surface area contributed by atoms with Crippen molar-refractivity contribution in [1.29, 1.82) is 0 Å². The van der Waals surface area contributed by atoms with E-state index >= 15 is 0 Å². The van der Waals surface area contributed by atoms with Crippen molar-refractivity contribution < 1.29 is 54.9 Å². The van der Waals surface area contributed by atoms with Gasteiger partial charge in [0.05, 0.1) is 16.5 Å². The zero-order valence-electron chi connectivity index (χ0n) is 22.2. The Balaban J connectivity index is 0.00000420. The van der Waals surface area contributed by atoms with E-state index in [0.29, 0.717) is 15.6 Å². The molecule has 2 aliphatic heterocycles. The first-order valence-electron chi connectivity index (χ1n) is 11.9. The molecule has 0 N–H and O–H groups in total. The summed E-state index contributed by atoms with van der Waals surface area (Å²) in [5.74, 6) is 0. The van der Waals surface area contributed by atoms with Gasteiger partial charge >= 0.3 is 12.4 Å². The van der Waals surface area contributed by atoms with Crippen LogP contribution < -0.4 is 28.9 Å². The van der Waals surface area contributed by atoms with Crippen molar-refractivity contribution in [2.24, 2.45) is 0 Å². The van der Waals surface area contributed by atoms with Crippen LogP contribution in [0.5, 0.6) is 0 Å². The first kappa shape index (κ1) is 31.4. The number of likely N-dealkylation sites (N-methyl/N-ethyl adjacent to an activating group) is 1. The molecule has 0 aromatic heterocycles. The van der Waals surface area contributed by atoms with Crippen molar-refractivity contribution in [3.05, 3.63) is 93.1 Å². The molecule has 39 heavy (non-hydrogen) atoms. The number of halogens is 8. The van der Waals surface area contributed by atoms with Crippen molar-refractivity contribution in [3.63, 3.8) is 0 Å². The molecule has 0 aliphatic carbocycles. The van der Waals surface area contributed by atoms with Crippen molar-refractivity contribution in [2.75, 3.05) is 19.0 Å². The van der Waals surface area contributed by atoms with Gasteiger partial charge < -0.3 is 28.9 Å². The van der Waals surface area contributed by atoms with Crippen LogP contribution in [0.2, 0.25) is 0 Å². The van der Waals surface area contributed by atoms with Crippen LogP contribution in [-0.4, -0.2) is 24.4 Å². The van der Waals surface area contributed by atoms with E-state index in [4.69, 9.17) is 0 Å². The van der Waals surface area contributed by atoms with Gasteiger partial charge in [-0.25, -0.2) is 0 Å². The van der Waals surface area contributed by atoms with Gasteiger partial charge in [-0.05, 0) is 68.0 Å². The van der Waals surface area contributed by atoms with E-state index in [0.717, 1.165) is 34.9 Å². The quantitative estimate of drug-likeness (QED) is 0.166. The lowest BCUT2D eigenvalue weighted by Gasteiger charge is -2.24. The molecule has 4 rings (SSSR count). The highest BCUT2D eigenvalue weighted by Crippen LogP contribution is 2.49. The van der Waals surface area contributed by atoms with Crippen LogP contribution in [0.4, 0.5) is 37.7 Å². The van der Waals surface area contributed by atoms with Crippen LogP contribution in [0.1, 0.15) is 49.9 Å². The number of alkyl halides is 6. The Bertz CT molecular complexity index is 1430. The second-order valence-electron chi connectivity index (χ2n) is 10.6. The average Bonchev–Trinajstić information content (AvgIpc) is 3.12. The number of nitrogens with zero attached hydrogens (tertiary/aromatic N) is 2. The Morgan fingerprint density at radius 2 is 1.41 bits per heavy atom. The molecule has 2 aromatic rings. The van der Waals surface area contributed by atoms with Gasteiger partial charge in [-0.1, -0.05) is 29.8 Å². The third kappa shape index (κ3) is 5.60. The van der Waals surface area contributed by atoms with E-state index in [9.17, 15) is 26.3 Å². The third-order valence-electron chi connectivity index (χ3n) is 7.52. The lowest BCUT2D eigenvalue weighted by atomic mass is 9.80. The normalized spacial score (nSPS) is 19.6. The fourth-order valence-corrected chi connectivity index (χ4v) is 5.66. The molecule has 2 aromatic carbocycles. The topological polar surface area (TPSA) is 6.25 Å². The third-order valence-corrected chi connectivity index (χ3v) is 8.05. The average molecular weight is 725 g/mol. The minimum absolute atomic E-state index is 0. The Hall–Kier alpha value is -2.08. The van der Waals surface area contributed by atoms with Crippen LogP contribution in [-0.2, 0) is 23.2 Å². The van der Waals surface area contributed by atoms with E-state index in [1.807, 2.05) is 75.6 Å². The standard InChI is InChI=1S/C29H28BrF6N2.HI/c1-26(2)20-15-17(28(31,32)33)7-11-22(20)37(5)24(26)13-9-19(30)10-14-25-27(3,4)21-16-18(29(34,35)36)8-12-23(21)38(25)6;/h7-16H,1-6H3;1H/q+1;/p-1. The lowest BCUT2D eigenvalue weighted by Crippen LogP contribution is -3.00. The Labute approximate surface area is 249 Å². The number of rotatable bonds is 3. The van der Waals surface area contributed by atoms with Crippen LogP contribution in [0, 0.1) is 0 Å². The molecule has 0 unspecified atom stereocenters. The summed E-state index contributed by atoms with van der Waals surface area (Å²) in [6.07, 6.45) is -1.48. The summed E-state index contributed by atoms with van der Waals surface area (Å²) in [5.41, 5.74) is 1.63. The summed E-state index contributed by atoms with van der Waals surface area (Å²) < 4.78 is 82.4. The minimum atomic E-state index is -4.42. The van der Waals surface area contributed by atoms with E-state index in [-0.39, 0.29) is 24.0 Å². The van der Waals surface area contributed by atoms with Gasteiger partial charge in [0.2, 0.25) is 5.69 Å². The van der Waals surface area contributed by atoms with Crippen LogP contribution in [0.3, 0.4) is 0 Å². The molecule has 2 heterocycles. The molecule has 10 heteroatoms. The zero-order chi connectivity index (χ0) is 28.4. The SMILES string of the molecule is CN1/C(=C/C=C(Br)/C=C/C2=[N+](C)c3ccc(C(F)(F)F)cc3C2(C)C)C(C)(C)c2cc(C(F)(F)F)ccc21.[I-]. The molecule has 0 saturated carbocycles. The molecule has 2 nitrogen and oxygen atoms in total. The van der Waals surface area contributed by atoms with Crippen molar-refractivity contribution in [1.82, 2.24) is 0 Å². The van der Waals surface area contributed by atoms with E-state index < -0.39 is 34.3 Å². The summed E-state index contributed by atoms with van der Waals surface area (Å²) in [5, 5.41) is 0. The van der Waals surface area contributed by atoms with Crippen LogP contribution in [0.25, 0.3) is 0 Å². The first-order chi connectivity index (χ1) is 17.4. The number of hydrogen-bond donors (Lipinski definition) is 0. The molecular weight excluding hydrogens is 697 g/mol. The highest BCUT2D eigenvalue weighted by Gasteiger charge is 2.45. The van der Waals surface area contributed by atoms with E-state index in [1.165, 1.54) is 24.3 Å². The molecular formula is C29H28BrF6IN2. The van der Waals surface area contributed by atoms with E-state index in [1.54, 1.807) is 0 Å². The number of anilines is 1. The molecule has 210 valence electrons. The molecule has 0 radical (unpaired) electrons. The van der Waals surface area contributed by atoms with Gasteiger partial charge in [-0.15, -0.1) is 0 Å². The first-order valence-corrected chi connectivity index (χ1v) is 12.7. The monoisotopic (exact) mass is 724 g/mol. The Morgan fingerprint density at radius 1 is 0.872 bits per heavy atom. The summed E-state index contributed by atoms with van der Waals surface area (Å²) in [4.78, 5) is 1.88. The molecule has 0 amide bonds. The van der Waals surface area contributed by atoms with E-state index in [2.05, 4.69) is 15.9 Å². The summed E-state index contributed by atoms with van der Waals surface area (Å²) in [6, 6.07) is 7.60. The maximum absolute atomic E-state index is 13.3. The number of allylic oxidation sites excluding steroid dienone is 6. The van der Waals surface area contributed by atoms with Gasteiger partial charge in [-0.3, -0.25) is 0 Å². The Kier molecular flexibility index (Phi) is 8.38. The molecule has 0 atom stereocenters. The smallest absolute Gasteiger partial charge is 0.416 e. The predicted octanol–water partition coefficient (Wildman–Crippen LogP) is 5.88. The summed E-state index contributed by atoms with van der Waals surface area (Å²) in [6.45, 7) is 7.54. The molecule has 2 aliphatic rings. The summed E-state index contributed by atoms with van der Waals surface area (Å²) in [7, 11) is 3.64. The maximum atomic E-state index is 13.3.